The summed E-state index contributed by atoms with van der Waals surface area (Å²) in [4.78, 5) is 5.63. The number of benzene rings is 1. The lowest BCUT2D eigenvalue weighted by molar-refractivity contribution is 1.04. The van der Waals surface area contributed by atoms with Gasteiger partial charge in [-0.2, -0.15) is 0 Å². The Hall–Kier alpha value is -0.610. The maximum atomic E-state index is 5.97. The van der Waals surface area contributed by atoms with E-state index in [1.807, 2.05) is 25.1 Å². The molecule has 0 aliphatic carbocycles. The van der Waals surface area contributed by atoms with E-state index in [0.717, 1.165) is 27.6 Å². The quantitative estimate of drug-likeness (QED) is 0.932. The van der Waals surface area contributed by atoms with Crippen molar-refractivity contribution in [3.8, 4) is 0 Å². The first-order valence-corrected chi connectivity index (χ1v) is 6.76. The minimum atomic E-state index is 0.547. The molecule has 0 fully saturated rings. The normalized spacial score (nSPS) is 10.8. The maximum Gasteiger partial charge on any atom is 0.0975 e. The summed E-state index contributed by atoms with van der Waals surface area (Å²) in [5.74, 6) is 0. The highest BCUT2D eigenvalue weighted by Gasteiger charge is 2.07. The standard InChI is InChI=1S/C12H12Cl2N2S/c1-7-11(6-15)17-12(16-7)5-8-2-3-9(13)10(14)4-8/h2-4H,5-6,15H2,1H3. The first-order valence-electron chi connectivity index (χ1n) is 5.19. The van der Waals surface area contributed by atoms with Crippen LogP contribution in [-0.2, 0) is 13.0 Å². The van der Waals surface area contributed by atoms with Gasteiger partial charge < -0.3 is 5.73 Å². The van der Waals surface area contributed by atoms with Crippen molar-refractivity contribution in [3.05, 3.63) is 49.4 Å². The van der Waals surface area contributed by atoms with E-state index < -0.39 is 0 Å². The molecule has 2 N–H and O–H groups in total. The van der Waals surface area contributed by atoms with Crippen LogP contribution in [0.25, 0.3) is 0 Å². The molecule has 0 bridgehead atoms. The van der Waals surface area contributed by atoms with Crippen LogP contribution in [-0.4, -0.2) is 4.98 Å². The summed E-state index contributed by atoms with van der Waals surface area (Å²) >= 11 is 13.5. The van der Waals surface area contributed by atoms with Crippen LogP contribution in [0.1, 0.15) is 21.1 Å². The molecule has 0 radical (unpaired) electrons. The van der Waals surface area contributed by atoms with Crippen molar-refractivity contribution in [3.63, 3.8) is 0 Å². The Kier molecular flexibility index (Phi) is 4.05. The Morgan fingerprint density at radius 1 is 1.29 bits per heavy atom. The number of nitrogens with zero attached hydrogens (tertiary/aromatic N) is 1. The van der Waals surface area contributed by atoms with Gasteiger partial charge in [0.2, 0.25) is 0 Å². The fourth-order valence-corrected chi connectivity index (χ4v) is 2.88. The summed E-state index contributed by atoms with van der Waals surface area (Å²) in [6.07, 6.45) is 0.766. The lowest BCUT2D eigenvalue weighted by Gasteiger charge is -2.00. The molecule has 0 saturated heterocycles. The molecule has 5 heteroatoms. The lowest BCUT2D eigenvalue weighted by atomic mass is 10.2. The summed E-state index contributed by atoms with van der Waals surface area (Å²) in [5, 5.41) is 2.21. The van der Waals surface area contributed by atoms with Gasteiger partial charge in [-0.15, -0.1) is 11.3 Å². The van der Waals surface area contributed by atoms with Gasteiger partial charge in [0.25, 0.3) is 0 Å². The average molecular weight is 287 g/mol. The second-order valence-corrected chi connectivity index (χ2v) is 5.73. The van der Waals surface area contributed by atoms with E-state index in [4.69, 9.17) is 28.9 Å². The summed E-state index contributed by atoms with van der Waals surface area (Å²) in [5.41, 5.74) is 7.76. The van der Waals surface area contributed by atoms with Crippen molar-refractivity contribution >= 4 is 34.5 Å². The van der Waals surface area contributed by atoms with Gasteiger partial charge in [0.1, 0.15) is 0 Å². The van der Waals surface area contributed by atoms with Crippen molar-refractivity contribution in [2.45, 2.75) is 19.9 Å². The minimum absolute atomic E-state index is 0.547. The van der Waals surface area contributed by atoms with Gasteiger partial charge in [0.05, 0.1) is 20.7 Å². The molecule has 1 heterocycles. The van der Waals surface area contributed by atoms with E-state index in [1.54, 1.807) is 11.3 Å². The van der Waals surface area contributed by atoms with Crippen molar-refractivity contribution in [1.29, 1.82) is 0 Å². The predicted molar refractivity (Wildman–Crippen MR) is 74.0 cm³/mol. The molecule has 2 aromatic rings. The Labute approximate surface area is 114 Å². The van der Waals surface area contributed by atoms with Gasteiger partial charge in [-0.1, -0.05) is 29.3 Å². The number of thiazole rings is 1. The van der Waals surface area contributed by atoms with Crippen LogP contribution in [0.4, 0.5) is 0 Å². The molecule has 17 heavy (non-hydrogen) atoms. The highest BCUT2D eigenvalue weighted by atomic mass is 35.5. The SMILES string of the molecule is Cc1nc(Cc2ccc(Cl)c(Cl)c2)sc1CN. The molecule has 2 rings (SSSR count). The summed E-state index contributed by atoms with van der Waals surface area (Å²) in [7, 11) is 0. The summed E-state index contributed by atoms with van der Waals surface area (Å²) in [6, 6.07) is 5.65. The van der Waals surface area contributed by atoms with Crippen LogP contribution in [0.3, 0.4) is 0 Å². The van der Waals surface area contributed by atoms with E-state index in [9.17, 15) is 0 Å². The number of hydrogen-bond acceptors (Lipinski definition) is 3. The van der Waals surface area contributed by atoms with Crippen molar-refractivity contribution in [1.82, 2.24) is 4.98 Å². The maximum absolute atomic E-state index is 5.97. The van der Waals surface area contributed by atoms with Crippen molar-refractivity contribution in [2.75, 3.05) is 0 Å². The Morgan fingerprint density at radius 2 is 2.06 bits per heavy atom. The Balaban J connectivity index is 2.22. The smallest absolute Gasteiger partial charge is 0.0975 e. The molecule has 0 aliphatic rings. The summed E-state index contributed by atoms with van der Waals surface area (Å²) in [6.45, 7) is 2.53. The van der Waals surface area contributed by atoms with Gasteiger partial charge in [-0.25, -0.2) is 4.98 Å². The zero-order valence-corrected chi connectivity index (χ0v) is 11.7. The largest absolute Gasteiger partial charge is 0.326 e. The van der Waals surface area contributed by atoms with Gasteiger partial charge in [0.15, 0.2) is 0 Å². The highest BCUT2D eigenvalue weighted by Crippen LogP contribution is 2.25. The first kappa shape index (κ1) is 12.8. The molecule has 0 unspecified atom stereocenters. The highest BCUT2D eigenvalue weighted by molar-refractivity contribution is 7.11. The number of nitrogens with two attached hydrogens (primary N) is 1. The second kappa shape index (κ2) is 5.36. The molecule has 2 nitrogen and oxygen atoms in total. The Morgan fingerprint density at radius 3 is 2.65 bits per heavy atom. The number of halogens is 2. The molecule has 0 spiro atoms. The van der Waals surface area contributed by atoms with Crippen LogP contribution >= 0.6 is 34.5 Å². The van der Waals surface area contributed by atoms with Crippen LogP contribution in [0.15, 0.2) is 18.2 Å². The van der Waals surface area contributed by atoms with Crippen LogP contribution in [0.2, 0.25) is 10.0 Å². The van der Waals surface area contributed by atoms with E-state index >= 15 is 0 Å². The molecule has 1 aromatic heterocycles. The third-order valence-corrected chi connectivity index (χ3v) is 4.38. The lowest BCUT2D eigenvalue weighted by Crippen LogP contribution is -1.94. The van der Waals surface area contributed by atoms with Crippen molar-refractivity contribution in [2.24, 2.45) is 5.73 Å². The van der Waals surface area contributed by atoms with Crippen LogP contribution in [0.5, 0.6) is 0 Å². The van der Waals surface area contributed by atoms with E-state index in [1.165, 1.54) is 0 Å². The Bertz CT molecular complexity index is 537. The van der Waals surface area contributed by atoms with Gasteiger partial charge in [-0.3, -0.25) is 0 Å². The third kappa shape index (κ3) is 2.99. The zero-order chi connectivity index (χ0) is 12.4. The van der Waals surface area contributed by atoms with E-state index in [2.05, 4.69) is 4.98 Å². The molecule has 0 aliphatic heterocycles. The van der Waals surface area contributed by atoms with Crippen LogP contribution < -0.4 is 5.73 Å². The molecule has 0 atom stereocenters. The molecular formula is C12H12Cl2N2S. The van der Waals surface area contributed by atoms with E-state index in [0.29, 0.717) is 16.6 Å². The average Bonchev–Trinajstić information content (AvgIpc) is 2.64. The molecule has 0 amide bonds. The predicted octanol–water partition coefficient (Wildman–Crippen LogP) is 3.81. The molecule has 90 valence electrons. The van der Waals surface area contributed by atoms with Crippen molar-refractivity contribution < 1.29 is 0 Å². The molecule has 1 aromatic carbocycles. The third-order valence-electron chi connectivity index (χ3n) is 2.46. The minimum Gasteiger partial charge on any atom is -0.326 e. The van der Waals surface area contributed by atoms with Gasteiger partial charge in [0, 0.05) is 17.8 Å². The first-order chi connectivity index (χ1) is 8.10. The number of hydrogen-bond donors (Lipinski definition) is 1. The monoisotopic (exact) mass is 286 g/mol. The second-order valence-electron chi connectivity index (χ2n) is 3.75. The topological polar surface area (TPSA) is 38.9 Å². The summed E-state index contributed by atoms with van der Waals surface area (Å²) < 4.78 is 0. The fourth-order valence-electron chi connectivity index (χ4n) is 1.58. The zero-order valence-electron chi connectivity index (χ0n) is 9.34. The molecular weight excluding hydrogens is 275 g/mol. The van der Waals surface area contributed by atoms with Gasteiger partial charge >= 0.3 is 0 Å². The van der Waals surface area contributed by atoms with E-state index in [-0.39, 0.29) is 0 Å². The number of aromatic nitrogens is 1. The van der Waals surface area contributed by atoms with Gasteiger partial charge in [-0.05, 0) is 24.6 Å². The van der Waals surface area contributed by atoms with Crippen LogP contribution in [0, 0.1) is 6.92 Å². The number of aryl methyl sites for hydroxylation is 1. The molecule has 0 saturated carbocycles. The fraction of sp³-hybridized carbons (Fsp3) is 0.250. The number of rotatable bonds is 3.